The summed E-state index contributed by atoms with van der Waals surface area (Å²) in [6.07, 6.45) is 1.43. The molecule has 0 amide bonds. The lowest BCUT2D eigenvalue weighted by molar-refractivity contribution is 0.0704. The molecule has 11 heavy (non-hydrogen) atoms. The van der Waals surface area contributed by atoms with Gasteiger partial charge in [0.25, 0.3) is 0 Å². The standard InChI is InChI=1S/C7H4NO3/c9-5-11-7(10)6-3-1-2-4-8-6/h1-4H. The van der Waals surface area contributed by atoms with Crippen molar-refractivity contribution in [1.29, 1.82) is 0 Å². The van der Waals surface area contributed by atoms with Crippen LogP contribution < -0.4 is 0 Å². The Morgan fingerprint density at radius 2 is 2.36 bits per heavy atom. The highest BCUT2D eigenvalue weighted by atomic mass is 16.6. The van der Waals surface area contributed by atoms with E-state index in [4.69, 9.17) is 0 Å². The molecular formula is C7H4NO3. The Kier molecular flexibility index (Phi) is 2.32. The summed E-state index contributed by atoms with van der Waals surface area (Å²) >= 11 is 0. The van der Waals surface area contributed by atoms with Gasteiger partial charge in [0.2, 0.25) is 0 Å². The molecule has 0 aliphatic rings. The van der Waals surface area contributed by atoms with Gasteiger partial charge in [-0.3, -0.25) is 0 Å². The lowest BCUT2D eigenvalue weighted by atomic mass is 10.4. The number of carbonyl (C=O) groups is 1. The second kappa shape index (κ2) is 3.46. The van der Waals surface area contributed by atoms with Crippen LogP contribution in [-0.2, 0) is 9.53 Å². The Balaban J connectivity index is 2.77. The van der Waals surface area contributed by atoms with Gasteiger partial charge in [-0.15, -0.1) is 0 Å². The van der Waals surface area contributed by atoms with Crippen LogP contribution in [0.4, 0.5) is 0 Å². The second-order valence-electron chi connectivity index (χ2n) is 1.69. The molecule has 1 heterocycles. The number of nitrogens with zero attached hydrogens (tertiary/aromatic N) is 1. The summed E-state index contributed by atoms with van der Waals surface area (Å²) < 4.78 is 3.92. The number of hydrogen-bond acceptors (Lipinski definition) is 4. The van der Waals surface area contributed by atoms with Crippen LogP contribution in [0, 0.1) is 0 Å². The molecule has 0 aliphatic carbocycles. The molecule has 0 fully saturated rings. The number of esters is 1. The minimum Gasteiger partial charge on any atom is -0.380 e. The fraction of sp³-hybridized carbons (Fsp3) is 0. The quantitative estimate of drug-likeness (QED) is 0.449. The maximum atomic E-state index is 10.7. The van der Waals surface area contributed by atoms with Crippen LogP contribution in [0.3, 0.4) is 0 Å². The minimum absolute atomic E-state index is 0.0934. The molecule has 0 bridgehead atoms. The molecule has 0 saturated heterocycles. The topological polar surface area (TPSA) is 56.3 Å². The van der Waals surface area contributed by atoms with Crippen LogP contribution in [0.15, 0.2) is 24.4 Å². The van der Waals surface area contributed by atoms with Crippen LogP contribution >= 0.6 is 0 Å². The second-order valence-corrected chi connectivity index (χ2v) is 1.69. The first-order valence-corrected chi connectivity index (χ1v) is 2.84. The largest absolute Gasteiger partial charge is 0.425 e. The van der Waals surface area contributed by atoms with Gasteiger partial charge in [-0.2, -0.15) is 0 Å². The van der Waals surface area contributed by atoms with Gasteiger partial charge >= 0.3 is 12.4 Å². The van der Waals surface area contributed by atoms with E-state index in [-0.39, 0.29) is 5.69 Å². The predicted octanol–water partition coefficient (Wildman–Crippen LogP) is 0.306. The molecule has 55 valence electrons. The van der Waals surface area contributed by atoms with Crippen molar-refractivity contribution in [3.63, 3.8) is 0 Å². The van der Waals surface area contributed by atoms with Crippen molar-refractivity contribution in [3.05, 3.63) is 30.1 Å². The molecule has 0 spiro atoms. The van der Waals surface area contributed by atoms with Crippen LogP contribution in [0.1, 0.15) is 10.5 Å². The third-order valence-electron chi connectivity index (χ3n) is 1.01. The summed E-state index contributed by atoms with van der Waals surface area (Å²) in [5.41, 5.74) is 0.0934. The first kappa shape index (κ1) is 7.40. The average Bonchev–Trinajstić information content (AvgIpc) is 2.07. The zero-order chi connectivity index (χ0) is 8.10. The zero-order valence-corrected chi connectivity index (χ0v) is 5.48. The Morgan fingerprint density at radius 1 is 1.55 bits per heavy atom. The van der Waals surface area contributed by atoms with Gasteiger partial charge in [-0.05, 0) is 12.1 Å². The van der Waals surface area contributed by atoms with E-state index in [1.165, 1.54) is 12.3 Å². The van der Waals surface area contributed by atoms with Gasteiger partial charge in [0, 0.05) is 6.20 Å². The molecule has 0 unspecified atom stereocenters. The predicted molar refractivity (Wildman–Crippen MR) is 35.3 cm³/mol. The summed E-state index contributed by atoms with van der Waals surface area (Å²) in [7, 11) is 0. The molecule has 1 aromatic rings. The summed E-state index contributed by atoms with van der Waals surface area (Å²) in [6.45, 7) is 1.03. The number of carbonyl (C=O) groups excluding carboxylic acids is 2. The number of rotatable bonds is 2. The molecule has 4 heteroatoms. The van der Waals surface area contributed by atoms with Crippen molar-refractivity contribution in [2.45, 2.75) is 0 Å². The van der Waals surface area contributed by atoms with E-state index in [2.05, 4.69) is 9.72 Å². The fourth-order valence-corrected chi connectivity index (χ4v) is 0.574. The molecule has 4 nitrogen and oxygen atoms in total. The van der Waals surface area contributed by atoms with Crippen LogP contribution in [0.5, 0.6) is 0 Å². The Hall–Kier alpha value is -1.71. The Labute approximate surface area is 62.8 Å². The highest BCUT2D eigenvalue weighted by Gasteiger charge is 2.06. The van der Waals surface area contributed by atoms with Gasteiger partial charge < -0.3 is 4.74 Å². The van der Waals surface area contributed by atoms with E-state index in [0.29, 0.717) is 0 Å². The van der Waals surface area contributed by atoms with Gasteiger partial charge in [0.05, 0.1) is 0 Å². The summed E-state index contributed by atoms with van der Waals surface area (Å²) in [6, 6.07) is 4.72. The lowest BCUT2D eigenvalue weighted by Gasteiger charge is -1.92. The van der Waals surface area contributed by atoms with E-state index in [9.17, 15) is 9.59 Å². The smallest absolute Gasteiger partial charge is 0.380 e. The van der Waals surface area contributed by atoms with E-state index in [1.54, 1.807) is 12.1 Å². The third-order valence-corrected chi connectivity index (χ3v) is 1.01. The van der Waals surface area contributed by atoms with Crippen LogP contribution in [0.2, 0.25) is 0 Å². The van der Waals surface area contributed by atoms with E-state index in [1.807, 2.05) is 0 Å². The van der Waals surface area contributed by atoms with Gasteiger partial charge in [-0.25, -0.2) is 14.6 Å². The molecule has 0 atom stereocenters. The Bertz CT molecular complexity index is 258. The van der Waals surface area contributed by atoms with Crippen molar-refractivity contribution in [1.82, 2.24) is 4.98 Å². The maximum Gasteiger partial charge on any atom is 0.425 e. The van der Waals surface area contributed by atoms with Crippen molar-refractivity contribution < 1.29 is 14.3 Å². The monoisotopic (exact) mass is 150 g/mol. The van der Waals surface area contributed by atoms with Crippen molar-refractivity contribution in [2.24, 2.45) is 0 Å². The number of ether oxygens (including phenoxy) is 1. The van der Waals surface area contributed by atoms with Crippen molar-refractivity contribution in [2.75, 3.05) is 0 Å². The third kappa shape index (κ3) is 1.86. The van der Waals surface area contributed by atoms with Crippen molar-refractivity contribution in [3.8, 4) is 0 Å². The number of aromatic nitrogens is 1. The molecular weight excluding hydrogens is 146 g/mol. The molecule has 1 aromatic heterocycles. The molecule has 1 radical (unpaired) electrons. The van der Waals surface area contributed by atoms with Crippen LogP contribution in [0.25, 0.3) is 0 Å². The van der Waals surface area contributed by atoms with Gasteiger partial charge in [-0.1, -0.05) is 6.07 Å². The molecule has 0 N–H and O–H groups in total. The van der Waals surface area contributed by atoms with E-state index < -0.39 is 5.97 Å². The molecule has 0 aromatic carbocycles. The highest BCUT2D eigenvalue weighted by Crippen LogP contribution is 1.94. The summed E-state index contributed by atoms with van der Waals surface area (Å²) in [5.74, 6) is -0.791. The lowest BCUT2D eigenvalue weighted by Crippen LogP contribution is -2.04. The average molecular weight is 150 g/mol. The normalized spacial score (nSPS) is 8.73. The first-order valence-electron chi connectivity index (χ1n) is 2.84. The van der Waals surface area contributed by atoms with E-state index in [0.717, 1.165) is 6.47 Å². The first-order chi connectivity index (χ1) is 5.34. The minimum atomic E-state index is -0.791. The van der Waals surface area contributed by atoms with Gasteiger partial charge in [0.15, 0.2) is 0 Å². The molecule has 0 aliphatic heterocycles. The van der Waals surface area contributed by atoms with Crippen LogP contribution in [-0.4, -0.2) is 17.4 Å². The SMILES string of the molecule is O=[C]OC(=O)c1ccccn1. The molecule has 0 saturated carbocycles. The highest BCUT2D eigenvalue weighted by molar-refractivity contribution is 5.91. The van der Waals surface area contributed by atoms with E-state index >= 15 is 0 Å². The number of pyridine rings is 1. The fourth-order valence-electron chi connectivity index (χ4n) is 0.574. The maximum absolute atomic E-state index is 10.7. The van der Waals surface area contributed by atoms with Crippen molar-refractivity contribution >= 4 is 12.4 Å². The Morgan fingerprint density at radius 3 is 2.91 bits per heavy atom. The number of hydrogen-bond donors (Lipinski definition) is 0. The molecule has 1 rings (SSSR count). The zero-order valence-electron chi connectivity index (χ0n) is 5.48. The van der Waals surface area contributed by atoms with Gasteiger partial charge in [0.1, 0.15) is 5.69 Å². The summed E-state index contributed by atoms with van der Waals surface area (Å²) in [4.78, 5) is 23.9. The summed E-state index contributed by atoms with van der Waals surface area (Å²) in [5, 5.41) is 0.